The lowest BCUT2D eigenvalue weighted by molar-refractivity contribution is 0.323. The van der Waals surface area contributed by atoms with E-state index in [1.807, 2.05) is 36.7 Å². The molecule has 0 aliphatic carbocycles. The molecule has 3 heterocycles. The van der Waals surface area contributed by atoms with Crippen molar-refractivity contribution in [2.24, 2.45) is 0 Å². The largest absolute Gasteiger partial charge is 0.497 e. The molecule has 3 aromatic rings. The zero-order valence-corrected chi connectivity index (χ0v) is 15.6. The van der Waals surface area contributed by atoms with E-state index in [9.17, 15) is 0 Å². The minimum Gasteiger partial charge on any atom is -0.497 e. The molecule has 0 amide bonds. The molecule has 0 bridgehead atoms. The van der Waals surface area contributed by atoms with Gasteiger partial charge in [0.15, 0.2) is 0 Å². The number of hydrogen-bond donors (Lipinski definition) is 1. The van der Waals surface area contributed by atoms with Gasteiger partial charge < -0.3 is 9.47 Å². The van der Waals surface area contributed by atoms with E-state index in [-0.39, 0.29) is 0 Å². The molecule has 7 nitrogen and oxygen atoms in total. The van der Waals surface area contributed by atoms with Crippen LogP contribution in [0.1, 0.15) is 23.6 Å². The average Bonchev–Trinajstić information content (AvgIpc) is 3.38. The fraction of sp³-hybridized carbons (Fsp3) is 0.350. The van der Waals surface area contributed by atoms with Crippen LogP contribution in [0.2, 0.25) is 0 Å². The van der Waals surface area contributed by atoms with Crippen LogP contribution in [-0.4, -0.2) is 52.4 Å². The minimum absolute atomic E-state index is 0.404. The Morgan fingerprint density at radius 2 is 1.89 bits per heavy atom. The zero-order chi connectivity index (χ0) is 18.6. The van der Waals surface area contributed by atoms with Crippen molar-refractivity contribution >= 4 is 0 Å². The van der Waals surface area contributed by atoms with E-state index in [0.29, 0.717) is 11.9 Å². The molecule has 7 heteroatoms. The normalized spacial score (nSPS) is 17.2. The van der Waals surface area contributed by atoms with Crippen molar-refractivity contribution in [3.8, 4) is 23.0 Å². The average molecular weight is 365 g/mol. The van der Waals surface area contributed by atoms with E-state index in [2.05, 4.69) is 31.1 Å². The van der Waals surface area contributed by atoms with Crippen LogP contribution in [0.3, 0.4) is 0 Å². The highest BCUT2D eigenvalue weighted by atomic mass is 16.5. The lowest BCUT2D eigenvalue weighted by Gasteiger charge is -2.15. The molecule has 0 radical (unpaired) electrons. The highest BCUT2D eigenvalue weighted by molar-refractivity contribution is 5.60. The summed E-state index contributed by atoms with van der Waals surface area (Å²) in [5, 5.41) is 7.72. The molecule has 1 fully saturated rings. The molecule has 1 aliphatic rings. The van der Waals surface area contributed by atoms with Crippen LogP contribution in [-0.2, 0) is 6.54 Å². The third kappa shape index (κ3) is 3.93. The van der Waals surface area contributed by atoms with Crippen molar-refractivity contribution in [1.29, 1.82) is 0 Å². The van der Waals surface area contributed by atoms with Crippen LogP contribution in [0.5, 0.6) is 11.8 Å². The lowest BCUT2D eigenvalue weighted by Crippen LogP contribution is -2.20. The molecule has 0 spiro atoms. The van der Waals surface area contributed by atoms with Gasteiger partial charge in [-0.2, -0.15) is 5.10 Å². The molecule has 1 atom stereocenters. The van der Waals surface area contributed by atoms with Gasteiger partial charge in [0.05, 0.1) is 19.9 Å². The second-order valence-electron chi connectivity index (χ2n) is 6.74. The summed E-state index contributed by atoms with van der Waals surface area (Å²) in [4.78, 5) is 10.8. The SMILES string of the molecule is COc1ccc(-c2cc(C3CCN(Cc4cnc(OC)nc4)C3)[nH]n2)cc1. The topological polar surface area (TPSA) is 76.2 Å². The van der Waals surface area contributed by atoms with Crippen LogP contribution >= 0.6 is 0 Å². The summed E-state index contributed by atoms with van der Waals surface area (Å²) in [6, 6.07) is 10.5. The molecule has 4 rings (SSSR count). The van der Waals surface area contributed by atoms with Crippen LogP contribution in [0.4, 0.5) is 0 Å². The first-order valence-corrected chi connectivity index (χ1v) is 9.02. The molecule has 2 aromatic heterocycles. The number of ether oxygens (including phenoxy) is 2. The van der Waals surface area contributed by atoms with Crippen LogP contribution < -0.4 is 9.47 Å². The summed E-state index contributed by atoms with van der Waals surface area (Å²) in [6.45, 7) is 2.89. The summed E-state index contributed by atoms with van der Waals surface area (Å²) in [5.41, 5.74) is 4.34. The van der Waals surface area contributed by atoms with Gasteiger partial charge in [-0.1, -0.05) is 0 Å². The Morgan fingerprint density at radius 1 is 1.11 bits per heavy atom. The van der Waals surface area contributed by atoms with Crippen molar-refractivity contribution in [1.82, 2.24) is 25.1 Å². The van der Waals surface area contributed by atoms with Gasteiger partial charge in [0.1, 0.15) is 5.75 Å². The first kappa shape index (κ1) is 17.5. The Balaban J connectivity index is 1.39. The third-order valence-corrected chi connectivity index (χ3v) is 4.97. The van der Waals surface area contributed by atoms with Crippen molar-refractivity contribution < 1.29 is 9.47 Å². The first-order valence-electron chi connectivity index (χ1n) is 9.02. The highest BCUT2D eigenvalue weighted by Crippen LogP contribution is 2.30. The molecular weight excluding hydrogens is 342 g/mol. The monoisotopic (exact) mass is 365 g/mol. The molecule has 140 valence electrons. The Bertz CT molecular complexity index is 876. The van der Waals surface area contributed by atoms with E-state index in [4.69, 9.17) is 9.47 Å². The molecular formula is C20H23N5O2. The molecule has 1 aromatic carbocycles. The Hall–Kier alpha value is -2.93. The highest BCUT2D eigenvalue weighted by Gasteiger charge is 2.25. The van der Waals surface area contributed by atoms with Gasteiger partial charge in [-0.05, 0) is 43.3 Å². The molecule has 1 aliphatic heterocycles. The summed E-state index contributed by atoms with van der Waals surface area (Å²) in [6.07, 6.45) is 4.77. The Morgan fingerprint density at radius 3 is 2.59 bits per heavy atom. The van der Waals surface area contributed by atoms with Gasteiger partial charge >= 0.3 is 6.01 Å². The van der Waals surface area contributed by atoms with Gasteiger partial charge in [0, 0.05) is 48.2 Å². The van der Waals surface area contributed by atoms with E-state index in [0.717, 1.165) is 48.6 Å². The maximum Gasteiger partial charge on any atom is 0.316 e. The maximum atomic E-state index is 5.22. The summed E-state index contributed by atoms with van der Waals surface area (Å²) in [5.74, 6) is 1.31. The van der Waals surface area contributed by atoms with E-state index < -0.39 is 0 Å². The standard InChI is InChI=1S/C20H23N5O2/c1-26-17-5-3-15(4-6-17)18-9-19(24-23-18)16-7-8-25(13-16)12-14-10-21-20(27-2)22-11-14/h3-6,9-11,16H,7-8,12-13H2,1-2H3,(H,23,24). The number of nitrogens with zero attached hydrogens (tertiary/aromatic N) is 4. The Labute approximate surface area is 158 Å². The Kier molecular flexibility index (Phi) is 5.02. The number of hydrogen-bond acceptors (Lipinski definition) is 6. The van der Waals surface area contributed by atoms with Crippen LogP contribution in [0.25, 0.3) is 11.3 Å². The van der Waals surface area contributed by atoms with E-state index in [1.54, 1.807) is 14.2 Å². The number of aromatic amines is 1. The predicted octanol–water partition coefficient (Wildman–Crippen LogP) is 2.87. The van der Waals surface area contributed by atoms with E-state index >= 15 is 0 Å². The number of nitrogens with one attached hydrogen (secondary N) is 1. The second kappa shape index (κ2) is 7.75. The van der Waals surface area contributed by atoms with Crippen molar-refractivity contribution in [3.63, 3.8) is 0 Å². The number of aromatic nitrogens is 4. The van der Waals surface area contributed by atoms with Gasteiger partial charge in [-0.25, -0.2) is 9.97 Å². The van der Waals surface area contributed by atoms with Crippen molar-refractivity contribution in [3.05, 3.63) is 54.0 Å². The van der Waals surface area contributed by atoms with Crippen LogP contribution in [0.15, 0.2) is 42.7 Å². The number of methoxy groups -OCH3 is 2. The molecule has 1 N–H and O–H groups in total. The lowest BCUT2D eigenvalue weighted by atomic mass is 10.0. The third-order valence-electron chi connectivity index (χ3n) is 4.97. The predicted molar refractivity (Wildman–Crippen MR) is 102 cm³/mol. The van der Waals surface area contributed by atoms with Crippen molar-refractivity contribution in [2.45, 2.75) is 18.9 Å². The second-order valence-corrected chi connectivity index (χ2v) is 6.74. The zero-order valence-electron chi connectivity index (χ0n) is 15.6. The smallest absolute Gasteiger partial charge is 0.316 e. The summed E-state index contributed by atoms with van der Waals surface area (Å²) < 4.78 is 10.2. The fourth-order valence-electron chi connectivity index (χ4n) is 3.47. The molecule has 1 unspecified atom stereocenters. The quantitative estimate of drug-likeness (QED) is 0.724. The molecule has 27 heavy (non-hydrogen) atoms. The fourth-order valence-corrected chi connectivity index (χ4v) is 3.47. The first-order chi connectivity index (χ1) is 13.2. The molecule has 0 saturated carbocycles. The van der Waals surface area contributed by atoms with Gasteiger partial charge in [-0.3, -0.25) is 10.00 Å². The number of benzene rings is 1. The van der Waals surface area contributed by atoms with Gasteiger partial charge in [0.25, 0.3) is 0 Å². The maximum absolute atomic E-state index is 5.22. The number of likely N-dealkylation sites (tertiary alicyclic amines) is 1. The number of rotatable bonds is 6. The van der Waals surface area contributed by atoms with Crippen LogP contribution in [0, 0.1) is 0 Å². The summed E-state index contributed by atoms with van der Waals surface area (Å²) >= 11 is 0. The van der Waals surface area contributed by atoms with E-state index in [1.165, 1.54) is 5.69 Å². The minimum atomic E-state index is 0.404. The van der Waals surface area contributed by atoms with Gasteiger partial charge in [-0.15, -0.1) is 0 Å². The number of H-pyrrole nitrogens is 1. The summed E-state index contributed by atoms with van der Waals surface area (Å²) in [7, 11) is 3.25. The molecule has 1 saturated heterocycles. The van der Waals surface area contributed by atoms with Crippen molar-refractivity contribution in [2.75, 3.05) is 27.3 Å². The van der Waals surface area contributed by atoms with Gasteiger partial charge in [0.2, 0.25) is 0 Å².